The van der Waals surface area contributed by atoms with Crippen LogP contribution in [-0.2, 0) is 0 Å². The Labute approximate surface area is 100 Å². The molecule has 0 aliphatic heterocycles. The van der Waals surface area contributed by atoms with Gasteiger partial charge in [0.1, 0.15) is 5.01 Å². The summed E-state index contributed by atoms with van der Waals surface area (Å²) in [6.45, 7) is 6.17. The van der Waals surface area contributed by atoms with Crippen molar-refractivity contribution in [2.45, 2.75) is 26.8 Å². The molecule has 1 aromatic carbocycles. The maximum Gasteiger partial charge on any atom is 0.123 e. The summed E-state index contributed by atoms with van der Waals surface area (Å²) in [5, 5.41) is 3.11. The molecular formula is C13H16N2S. The largest absolute Gasteiger partial charge is 0.323 e. The van der Waals surface area contributed by atoms with Gasteiger partial charge in [-0.3, -0.25) is 0 Å². The molecule has 0 fully saturated rings. The first-order valence-corrected chi connectivity index (χ1v) is 6.24. The lowest BCUT2D eigenvalue weighted by molar-refractivity contribution is 0.790. The van der Waals surface area contributed by atoms with Crippen LogP contribution in [-0.4, -0.2) is 4.98 Å². The van der Waals surface area contributed by atoms with E-state index in [0.29, 0.717) is 0 Å². The average molecular weight is 232 g/mol. The first-order chi connectivity index (χ1) is 7.58. The Hall–Kier alpha value is -1.19. The van der Waals surface area contributed by atoms with E-state index in [1.807, 2.05) is 12.3 Å². The average Bonchev–Trinajstić information content (AvgIpc) is 2.70. The van der Waals surface area contributed by atoms with Crippen LogP contribution in [0.3, 0.4) is 0 Å². The molecule has 3 heteroatoms. The number of aryl methyl sites for hydroxylation is 2. The molecule has 0 radical (unpaired) electrons. The van der Waals surface area contributed by atoms with Crippen LogP contribution < -0.4 is 5.73 Å². The van der Waals surface area contributed by atoms with Gasteiger partial charge >= 0.3 is 0 Å². The zero-order valence-electron chi connectivity index (χ0n) is 9.82. The molecule has 0 saturated carbocycles. The number of nitrogens with zero attached hydrogens (tertiary/aromatic N) is 1. The summed E-state index contributed by atoms with van der Waals surface area (Å²) in [4.78, 5) is 4.58. The van der Waals surface area contributed by atoms with Gasteiger partial charge in [-0.2, -0.15) is 0 Å². The van der Waals surface area contributed by atoms with Crippen molar-refractivity contribution in [1.29, 1.82) is 0 Å². The highest BCUT2D eigenvalue weighted by Crippen LogP contribution is 2.28. The lowest BCUT2D eigenvalue weighted by Gasteiger charge is -2.03. The van der Waals surface area contributed by atoms with Crippen LogP contribution in [0.4, 0.5) is 0 Å². The molecule has 0 bridgehead atoms. The van der Waals surface area contributed by atoms with Crippen LogP contribution in [0.2, 0.25) is 0 Å². The van der Waals surface area contributed by atoms with Crippen molar-refractivity contribution in [3.63, 3.8) is 0 Å². The van der Waals surface area contributed by atoms with Gasteiger partial charge in [-0.25, -0.2) is 4.98 Å². The quantitative estimate of drug-likeness (QED) is 0.861. The highest BCUT2D eigenvalue weighted by Gasteiger charge is 2.09. The molecule has 1 atom stereocenters. The summed E-state index contributed by atoms with van der Waals surface area (Å²) in [6, 6.07) is 6.45. The van der Waals surface area contributed by atoms with Gasteiger partial charge in [-0.15, -0.1) is 11.3 Å². The van der Waals surface area contributed by atoms with Crippen molar-refractivity contribution in [2.24, 2.45) is 5.73 Å². The Morgan fingerprint density at radius 3 is 2.69 bits per heavy atom. The Morgan fingerprint density at radius 1 is 1.31 bits per heavy atom. The number of aromatic nitrogens is 1. The lowest BCUT2D eigenvalue weighted by atomic mass is 10.1. The van der Waals surface area contributed by atoms with Crippen molar-refractivity contribution in [1.82, 2.24) is 4.98 Å². The summed E-state index contributed by atoms with van der Waals surface area (Å²) in [5.41, 5.74) is 10.5. The van der Waals surface area contributed by atoms with Gasteiger partial charge in [-0.1, -0.05) is 17.7 Å². The van der Waals surface area contributed by atoms with Gasteiger partial charge in [0.2, 0.25) is 0 Å². The fraction of sp³-hybridized carbons (Fsp3) is 0.308. The third-order valence-corrected chi connectivity index (χ3v) is 3.51. The minimum atomic E-state index is 0.00937. The molecule has 0 amide bonds. The molecule has 1 heterocycles. The van der Waals surface area contributed by atoms with E-state index in [4.69, 9.17) is 5.73 Å². The molecule has 84 valence electrons. The normalized spacial score (nSPS) is 12.8. The summed E-state index contributed by atoms with van der Waals surface area (Å²) >= 11 is 1.66. The van der Waals surface area contributed by atoms with E-state index in [2.05, 4.69) is 37.0 Å². The SMILES string of the molecule is Cc1ccc(C)c(-c2nc(C(C)N)cs2)c1. The van der Waals surface area contributed by atoms with E-state index in [-0.39, 0.29) is 6.04 Å². The highest BCUT2D eigenvalue weighted by atomic mass is 32.1. The summed E-state index contributed by atoms with van der Waals surface area (Å²) < 4.78 is 0. The standard InChI is InChI=1S/C13H16N2S/c1-8-4-5-9(2)11(6-8)13-15-12(7-16-13)10(3)14/h4-7,10H,14H2,1-3H3. The minimum absolute atomic E-state index is 0.00937. The van der Waals surface area contributed by atoms with E-state index < -0.39 is 0 Å². The number of nitrogens with two attached hydrogens (primary N) is 1. The molecule has 2 rings (SSSR count). The second kappa shape index (κ2) is 4.36. The molecule has 0 aliphatic carbocycles. The number of hydrogen-bond donors (Lipinski definition) is 1. The Kier molecular flexibility index (Phi) is 3.08. The van der Waals surface area contributed by atoms with Crippen LogP contribution in [0.5, 0.6) is 0 Å². The van der Waals surface area contributed by atoms with Crippen LogP contribution in [0.25, 0.3) is 10.6 Å². The maximum atomic E-state index is 5.82. The van der Waals surface area contributed by atoms with Crippen molar-refractivity contribution in [3.05, 3.63) is 40.4 Å². The Bertz CT molecular complexity index is 500. The van der Waals surface area contributed by atoms with Crippen LogP contribution >= 0.6 is 11.3 Å². The van der Waals surface area contributed by atoms with Crippen molar-refractivity contribution in [3.8, 4) is 10.6 Å². The lowest BCUT2D eigenvalue weighted by Crippen LogP contribution is -2.04. The molecular weight excluding hydrogens is 216 g/mol. The zero-order chi connectivity index (χ0) is 11.7. The van der Waals surface area contributed by atoms with E-state index in [1.54, 1.807) is 11.3 Å². The number of thiazole rings is 1. The number of hydrogen-bond acceptors (Lipinski definition) is 3. The van der Waals surface area contributed by atoms with Gasteiger partial charge in [0.15, 0.2) is 0 Å². The minimum Gasteiger partial charge on any atom is -0.323 e. The molecule has 1 unspecified atom stereocenters. The van der Waals surface area contributed by atoms with Gasteiger partial charge in [-0.05, 0) is 32.4 Å². The third kappa shape index (κ3) is 2.15. The monoisotopic (exact) mass is 232 g/mol. The highest BCUT2D eigenvalue weighted by molar-refractivity contribution is 7.13. The summed E-state index contributed by atoms with van der Waals surface area (Å²) in [6.07, 6.45) is 0. The smallest absolute Gasteiger partial charge is 0.123 e. The Balaban J connectivity index is 2.46. The van der Waals surface area contributed by atoms with Crippen molar-refractivity contribution < 1.29 is 0 Å². The van der Waals surface area contributed by atoms with Gasteiger partial charge < -0.3 is 5.73 Å². The molecule has 2 aromatic rings. The number of benzene rings is 1. The number of rotatable bonds is 2. The van der Waals surface area contributed by atoms with Gasteiger partial charge in [0.05, 0.1) is 5.69 Å². The van der Waals surface area contributed by atoms with Crippen LogP contribution in [0, 0.1) is 13.8 Å². The first kappa shape index (κ1) is 11.3. The first-order valence-electron chi connectivity index (χ1n) is 5.36. The predicted molar refractivity (Wildman–Crippen MR) is 69.6 cm³/mol. The fourth-order valence-corrected chi connectivity index (χ4v) is 2.59. The van der Waals surface area contributed by atoms with Gasteiger partial charge in [0.25, 0.3) is 0 Å². The predicted octanol–water partition coefficient (Wildman–Crippen LogP) is 3.45. The zero-order valence-corrected chi connectivity index (χ0v) is 10.6. The van der Waals surface area contributed by atoms with E-state index >= 15 is 0 Å². The third-order valence-electron chi connectivity index (χ3n) is 2.61. The molecule has 1 aromatic heterocycles. The maximum absolute atomic E-state index is 5.82. The second-order valence-corrected chi connectivity index (χ2v) is 5.04. The molecule has 0 saturated heterocycles. The Morgan fingerprint density at radius 2 is 2.06 bits per heavy atom. The van der Waals surface area contributed by atoms with Crippen molar-refractivity contribution >= 4 is 11.3 Å². The van der Waals surface area contributed by atoms with E-state index in [1.165, 1.54) is 16.7 Å². The molecule has 2 nitrogen and oxygen atoms in total. The van der Waals surface area contributed by atoms with Crippen molar-refractivity contribution in [2.75, 3.05) is 0 Å². The topological polar surface area (TPSA) is 38.9 Å². The molecule has 0 aliphatic rings. The van der Waals surface area contributed by atoms with E-state index in [0.717, 1.165) is 10.7 Å². The molecule has 16 heavy (non-hydrogen) atoms. The summed E-state index contributed by atoms with van der Waals surface area (Å²) in [7, 11) is 0. The van der Waals surface area contributed by atoms with E-state index in [9.17, 15) is 0 Å². The van der Waals surface area contributed by atoms with Gasteiger partial charge in [0, 0.05) is 17.0 Å². The fourth-order valence-electron chi connectivity index (χ4n) is 1.59. The van der Waals surface area contributed by atoms with Crippen LogP contribution in [0.1, 0.15) is 29.8 Å². The molecule has 0 spiro atoms. The summed E-state index contributed by atoms with van der Waals surface area (Å²) in [5.74, 6) is 0. The second-order valence-electron chi connectivity index (χ2n) is 4.18. The van der Waals surface area contributed by atoms with Crippen LogP contribution in [0.15, 0.2) is 23.6 Å². The molecule has 2 N–H and O–H groups in total.